The predicted molar refractivity (Wildman–Crippen MR) is 122 cm³/mol. The highest BCUT2D eigenvalue weighted by molar-refractivity contribution is 14.0. The van der Waals surface area contributed by atoms with Gasteiger partial charge >= 0.3 is 0 Å². The van der Waals surface area contributed by atoms with Gasteiger partial charge in [-0.2, -0.15) is 0 Å². The largest absolute Gasteiger partial charge is 0.356 e. The number of halogens is 2. The van der Waals surface area contributed by atoms with Gasteiger partial charge in [0.05, 0.1) is 0 Å². The van der Waals surface area contributed by atoms with Gasteiger partial charge < -0.3 is 15.5 Å². The topological polar surface area (TPSA) is 52.6 Å². The van der Waals surface area contributed by atoms with Gasteiger partial charge in [0.15, 0.2) is 5.96 Å². The van der Waals surface area contributed by atoms with Crippen LogP contribution in [0.5, 0.6) is 0 Å². The Morgan fingerprint density at radius 1 is 1.23 bits per heavy atom. The van der Waals surface area contributed by atoms with E-state index in [0.29, 0.717) is 5.15 Å². The zero-order valence-corrected chi connectivity index (χ0v) is 19.1. The molecule has 1 fully saturated rings. The third-order valence-corrected chi connectivity index (χ3v) is 5.12. The van der Waals surface area contributed by atoms with Crippen molar-refractivity contribution in [2.75, 3.05) is 33.7 Å². The number of pyridine rings is 1. The highest BCUT2D eigenvalue weighted by atomic mass is 127. The van der Waals surface area contributed by atoms with E-state index in [9.17, 15) is 0 Å². The Labute approximate surface area is 180 Å². The molecule has 0 amide bonds. The number of nitrogens with one attached hydrogen (secondary N) is 2. The smallest absolute Gasteiger partial charge is 0.190 e. The molecule has 1 saturated carbocycles. The molecule has 1 aromatic heterocycles. The molecule has 0 bridgehead atoms. The van der Waals surface area contributed by atoms with Crippen molar-refractivity contribution < 1.29 is 0 Å². The molecule has 1 aromatic rings. The first-order valence-corrected chi connectivity index (χ1v) is 9.82. The van der Waals surface area contributed by atoms with Gasteiger partial charge in [-0.3, -0.25) is 4.99 Å². The van der Waals surface area contributed by atoms with E-state index in [2.05, 4.69) is 32.6 Å². The van der Waals surface area contributed by atoms with E-state index in [0.717, 1.165) is 44.5 Å². The summed E-state index contributed by atoms with van der Waals surface area (Å²) in [6.07, 6.45) is 10.8. The van der Waals surface area contributed by atoms with Crippen molar-refractivity contribution in [3.05, 3.63) is 29.0 Å². The monoisotopic (exact) mass is 493 g/mol. The van der Waals surface area contributed by atoms with Crippen LogP contribution in [0.3, 0.4) is 0 Å². The lowest BCUT2D eigenvalue weighted by Gasteiger charge is -2.31. The summed E-state index contributed by atoms with van der Waals surface area (Å²) in [7, 11) is 4.08. The Balaban J connectivity index is 0.00000338. The SMILES string of the molecule is CN=C(NCCCN(C)C1CCCCC1)NCCc1ccc(Cl)nc1.I. The molecule has 148 valence electrons. The lowest BCUT2D eigenvalue weighted by atomic mass is 9.94. The Morgan fingerprint density at radius 2 is 1.96 bits per heavy atom. The fraction of sp³-hybridized carbons (Fsp3) is 0.684. The molecular weight excluding hydrogens is 461 g/mol. The number of nitrogens with zero attached hydrogens (tertiary/aromatic N) is 3. The van der Waals surface area contributed by atoms with Crippen molar-refractivity contribution in [2.24, 2.45) is 4.99 Å². The summed E-state index contributed by atoms with van der Waals surface area (Å²) < 4.78 is 0. The number of guanidine groups is 1. The lowest BCUT2D eigenvalue weighted by molar-refractivity contribution is 0.190. The van der Waals surface area contributed by atoms with E-state index in [4.69, 9.17) is 11.6 Å². The van der Waals surface area contributed by atoms with Crippen LogP contribution in [0, 0.1) is 0 Å². The minimum Gasteiger partial charge on any atom is -0.356 e. The third kappa shape index (κ3) is 8.86. The minimum absolute atomic E-state index is 0. The molecular formula is C19H33ClIN5. The lowest BCUT2D eigenvalue weighted by Crippen LogP contribution is -2.40. The van der Waals surface area contributed by atoms with Gasteiger partial charge in [-0.05, 0) is 50.9 Å². The van der Waals surface area contributed by atoms with Crippen molar-refractivity contribution in [3.63, 3.8) is 0 Å². The van der Waals surface area contributed by atoms with Gasteiger partial charge in [-0.25, -0.2) is 4.98 Å². The first-order chi connectivity index (χ1) is 12.2. The van der Waals surface area contributed by atoms with Gasteiger partial charge in [0.25, 0.3) is 0 Å². The van der Waals surface area contributed by atoms with Gasteiger partial charge in [0.1, 0.15) is 5.15 Å². The summed E-state index contributed by atoms with van der Waals surface area (Å²) in [5.41, 5.74) is 1.17. The van der Waals surface area contributed by atoms with Crippen LogP contribution in [0.1, 0.15) is 44.1 Å². The highest BCUT2D eigenvalue weighted by Gasteiger charge is 2.17. The average Bonchev–Trinajstić information content (AvgIpc) is 2.65. The van der Waals surface area contributed by atoms with Gasteiger partial charge in [-0.15, -0.1) is 24.0 Å². The first kappa shape index (κ1) is 23.4. The van der Waals surface area contributed by atoms with Gasteiger partial charge in [-0.1, -0.05) is 36.9 Å². The molecule has 0 spiro atoms. The van der Waals surface area contributed by atoms with E-state index in [-0.39, 0.29) is 24.0 Å². The van der Waals surface area contributed by atoms with E-state index < -0.39 is 0 Å². The van der Waals surface area contributed by atoms with Crippen molar-refractivity contribution in [1.82, 2.24) is 20.5 Å². The van der Waals surface area contributed by atoms with Crippen LogP contribution in [0.15, 0.2) is 23.3 Å². The molecule has 2 N–H and O–H groups in total. The Kier molecular flexibility index (Phi) is 12.2. The zero-order valence-electron chi connectivity index (χ0n) is 16.0. The molecule has 1 aliphatic rings. The third-order valence-electron chi connectivity index (χ3n) is 4.90. The summed E-state index contributed by atoms with van der Waals surface area (Å²) in [5.74, 6) is 0.863. The number of aromatic nitrogens is 1. The van der Waals surface area contributed by atoms with E-state index in [1.54, 1.807) is 0 Å². The molecule has 0 unspecified atom stereocenters. The van der Waals surface area contributed by atoms with Crippen molar-refractivity contribution in [2.45, 2.75) is 51.0 Å². The molecule has 0 aliphatic heterocycles. The molecule has 5 nitrogen and oxygen atoms in total. The molecule has 26 heavy (non-hydrogen) atoms. The molecule has 7 heteroatoms. The number of rotatable bonds is 8. The van der Waals surface area contributed by atoms with Crippen LogP contribution >= 0.6 is 35.6 Å². The predicted octanol–water partition coefficient (Wildman–Crippen LogP) is 3.72. The van der Waals surface area contributed by atoms with Crippen LogP contribution in [0.25, 0.3) is 0 Å². The molecule has 1 heterocycles. The Bertz CT molecular complexity index is 517. The first-order valence-electron chi connectivity index (χ1n) is 9.44. The fourth-order valence-electron chi connectivity index (χ4n) is 3.34. The molecule has 1 aliphatic carbocycles. The van der Waals surface area contributed by atoms with Crippen LogP contribution in [0.2, 0.25) is 5.15 Å². The Hall–Kier alpha value is -0.600. The maximum atomic E-state index is 5.80. The second kappa shape index (κ2) is 13.6. The van der Waals surface area contributed by atoms with Crippen molar-refractivity contribution in [1.29, 1.82) is 0 Å². The van der Waals surface area contributed by atoms with Crippen LogP contribution < -0.4 is 10.6 Å². The maximum Gasteiger partial charge on any atom is 0.190 e. The second-order valence-electron chi connectivity index (χ2n) is 6.79. The summed E-state index contributed by atoms with van der Waals surface area (Å²) in [4.78, 5) is 10.9. The molecule has 2 rings (SSSR count). The molecule has 0 radical (unpaired) electrons. The normalized spacial score (nSPS) is 15.6. The van der Waals surface area contributed by atoms with E-state index >= 15 is 0 Å². The fourth-order valence-corrected chi connectivity index (χ4v) is 3.45. The minimum atomic E-state index is 0. The number of aliphatic imine (C=N–C) groups is 1. The van der Waals surface area contributed by atoms with Gasteiger partial charge in [0, 0.05) is 32.4 Å². The number of hydrogen-bond donors (Lipinski definition) is 2. The number of hydrogen-bond acceptors (Lipinski definition) is 3. The summed E-state index contributed by atoms with van der Waals surface area (Å²) in [6.45, 7) is 2.91. The quantitative estimate of drug-likeness (QED) is 0.191. The van der Waals surface area contributed by atoms with E-state index in [1.165, 1.54) is 37.7 Å². The van der Waals surface area contributed by atoms with Crippen LogP contribution in [0.4, 0.5) is 0 Å². The zero-order chi connectivity index (χ0) is 17.9. The molecule has 0 atom stereocenters. The van der Waals surface area contributed by atoms with Crippen molar-refractivity contribution in [3.8, 4) is 0 Å². The standard InChI is InChI=1S/C19H32ClN5.HI/c1-21-19(23-13-11-16-9-10-18(20)24-15-16)22-12-6-14-25(2)17-7-4-3-5-8-17;/h9-10,15,17H,3-8,11-14H2,1-2H3,(H2,21,22,23);1H. The van der Waals surface area contributed by atoms with E-state index in [1.807, 2.05) is 25.4 Å². The summed E-state index contributed by atoms with van der Waals surface area (Å²) >= 11 is 5.80. The summed E-state index contributed by atoms with van der Waals surface area (Å²) in [6, 6.07) is 4.63. The van der Waals surface area contributed by atoms with Crippen LogP contribution in [-0.4, -0.2) is 55.6 Å². The van der Waals surface area contributed by atoms with Crippen molar-refractivity contribution >= 4 is 41.5 Å². The average molecular weight is 494 g/mol. The maximum absolute atomic E-state index is 5.80. The van der Waals surface area contributed by atoms with Crippen LogP contribution in [-0.2, 0) is 6.42 Å². The molecule has 0 saturated heterocycles. The Morgan fingerprint density at radius 3 is 2.62 bits per heavy atom. The van der Waals surface area contributed by atoms with Gasteiger partial charge in [0.2, 0.25) is 0 Å². The highest BCUT2D eigenvalue weighted by Crippen LogP contribution is 2.21. The second-order valence-corrected chi connectivity index (χ2v) is 7.18. The molecule has 0 aromatic carbocycles. The summed E-state index contributed by atoms with van der Waals surface area (Å²) in [5, 5.41) is 7.28.